The molecular formula is C27H25N3O5. The highest BCUT2D eigenvalue weighted by Gasteiger charge is 2.19. The molecule has 8 nitrogen and oxygen atoms in total. The fourth-order valence-electron chi connectivity index (χ4n) is 4.41. The predicted octanol–water partition coefficient (Wildman–Crippen LogP) is 5.43. The first-order valence-corrected chi connectivity index (χ1v) is 11.3. The molecule has 2 aromatic carbocycles. The van der Waals surface area contributed by atoms with Crippen molar-refractivity contribution >= 4 is 44.8 Å². The van der Waals surface area contributed by atoms with E-state index in [4.69, 9.17) is 9.84 Å². The maximum absolute atomic E-state index is 12.6. The molecule has 0 aliphatic heterocycles. The molecule has 5 rings (SSSR count). The summed E-state index contributed by atoms with van der Waals surface area (Å²) >= 11 is 0. The number of hydrogen-bond acceptors (Lipinski definition) is 4. The van der Waals surface area contributed by atoms with Crippen LogP contribution in [0.25, 0.3) is 43.8 Å². The van der Waals surface area contributed by atoms with Gasteiger partial charge in [0.05, 0.1) is 5.52 Å². The predicted molar refractivity (Wildman–Crippen MR) is 135 cm³/mol. The Kier molecular flexibility index (Phi) is 5.24. The molecule has 178 valence electrons. The third-order valence-electron chi connectivity index (χ3n) is 5.95. The number of carboxylic acid groups (broad SMARTS) is 1. The van der Waals surface area contributed by atoms with Crippen LogP contribution < -0.4 is 5.56 Å². The molecule has 3 aromatic heterocycles. The van der Waals surface area contributed by atoms with Crippen LogP contribution >= 0.6 is 0 Å². The van der Waals surface area contributed by atoms with E-state index < -0.39 is 17.7 Å². The van der Waals surface area contributed by atoms with Gasteiger partial charge in [0.1, 0.15) is 11.1 Å². The molecule has 0 unspecified atom stereocenters. The number of ether oxygens (including phenoxy) is 1. The number of aryl methyl sites for hydroxylation is 1. The molecule has 5 aromatic rings. The zero-order valence-corrected chi connectivity index (χ0v) is 19.6. The Bertz CT molecular complexity index is 1680. The third-order valence-corrected chi connectivity index (χ3v) is 5.95. The fourth-order valence-corrected chi connectivity index (χ4v) is 4.41. The van der Waals surface area contributed by atoms with Gasteiger partial charge in [-0.05, 0) is 74.2 Å². The minimum atomic E-state index is -0.888. The number of H-pyrrole nitrogens is 2. The molecule has 0 saturated heterocycles. The molecule has 35 heavy (non-hydrogen) atoms. The summed E-state index contributed by atoms with van der Waals surface area (Å²) in [5.74, 6) is -0.888. The lowest BCUT2D eigenvalue weighted by atomic mass is 9.98. The van der Waals surface area contributed by atoms with Gasteiger partial charge in [0.2, 0.25) is 0 Å². The monoisotopic (exact) mass is 471 g/mol. The maximum atomic E-state index is 12.6. The lowest BCUT2D eigenvalue weighted by Crippen LogP contribution is -2.26. The molecule has 0 fully saturated rings. The van der Waals surface area contributed by atoms with Crippen LogP contribution in [0.15, 0.2) is 59.7 Å². The van der Waals surface area contributed by atoms with E-state index in [9.17, 15) is 14.4 Å². The van der Waals surface area contributed by atoms with Crippen LogP contribution in [-0.2, 0) is 16.0 Å². The van der Waals surface area contributed by atoms with Crippen LogP contribution in [-0.4, -0.2) is 37.3 Å². The Morgan fingerprint density at radius 2 is 1.80 bits per heavy atom. The van der Waals surface area contributed by atoms with Gasteiger partial charge in [-0.15, -0.1) is 0 Å². The Morgan fingerprint density at radius 1 is 1.06 bits per heavy atom. The lowest BCUT2D eigenvalue weighted by molar-refractivity contribution is -0.136. The average molecular weight is 472 g/mol. The van der Waals surface area contributed by atoms with Gasteiger partial charge in [0.25, 0.3) is 5.56 Å². The van der Waals surface area contributed by atoms with Gasteiger partial charge in [0.15, 0.2) is 0 Å². The van der Waals surface area contributed by atoms with Crippen LogP contribution in [0.2, 0.25) is 0 Å². The number of benzene rings is 2. The molecule has 0 amide bonds. The quantitative estimate of drug-likeness (QED) is 0.323. The van der Waals surface area contributed by atoms with Crippen LogP contribution in [0.5, 0.6) is 0 Å². The second kappa shape index (κ2) is 8.16. The lowest BCUT2D eigenvalue weighted by Gasteiger charge is -2.19. The van der Waals surface area contributed by atoms with Crippen molar-refractivity contribution in [2.75, 3.05) is 0 Å². The molecular weight excluding hydrogens is 446 g/mol. The van der Waals surface area contributed by atoms with Gasteiger partial charge in [-0.25, -0.2) is 4.79 Å². The van der Waals surface area contributed by atoms with Gasteiger partial charge in [0, 0.05) is 40.5 Å². The zero-order chi connectivity index (χ0) is 24.9. The van der Waals surface area contributed by atoms with Crippen molar-refractivity contribution in [3.05, 3.63) is 70.8 Å². The van der Waals surface area contributed by atoms with E-state index in [-0.39, 0.29) is 12.0 Å². The zero-order valence-electron chi connectivity index (χ0n) is 19.6. The number of carboxylic acids is 1. The number of aromatic nitrogens is 3. The van der Waals surface area contributed by atoms with Gasteiger partial charge in [-0.3, -0.25) is 14.2 Å². The topological polar surface area (TPSA) is 117 Å². The summed E-state index contributed by atoms with van der Waals surface area (Å²) in [5, 5.41) is 11.6. The number of carbonyl (C=O) groups is 2. The second-order valence-corrected chi connectivity index (χ2v) is 9.61. The van der Waals surface area contributed by atoms with E-state index in [1.54, 1.807) is 12.4 Å². The molecule has 8 heteroatoms. The Labute approximate surface area is 200 Å². The normalized spacial score (nSPS) is 12.0. The van der Waals surface area contributed by atoms with E-state index >= 15 is 0 Å². The second-order valence-electron chi connectivity index (χ2n) is 9.61. The SMILES string of the molecule is CC(C)(C)OC(=O)n1ccc2cc(-c3ccc4[nH]c(=O)c5[nH]cc(CCC(=O)O)c5c4c3)ccc21. The van der Waals surface area contributed by atoms with Crippen molar-refractivity contribution in [3.8, 4) is 11.1 Å². The maximum Gasteiger partial charge on any atom is 0.418 e. The highest BCUT2D eigenvalue weighted by atomic mass is 16.6. The van der Waals surface area contributed by atoms with E-state index in [2.05, 4.69) is 9.97 Å². The van der Waals surface area contributed by atoms with Gasteiger partial charge >= 0.3 is 12.1 Å². The minimum Gasteiger partial charge on any atom is -0.481 e. The first-order valence-electron chi connectivity index (χ1n) is 11.3. The van der Waals surface area contributed by atoms with Crippen LogP contribution in [0.1, 0.15) is 32.8 Å². The van der Waals surface area contributed by atoms with Crippen molar-refractivity contribution < 1.29 is 19.4 Å². The first-order chi connectivity index (χ1) is 16.6. The van der Waals surface area contributed by atoms with Gasteiger partial charge in [-0.2, -0.15) is 0 Å². The number of aliphatic carboxylic acids is 1. The fraction of sp³-hybridized carbons (Fsp3) is 0.222. The van der Waals surface area contributed by atoms with E-state index in [0.29, 0.717) is 17.5 Å². The van der Waals surface area contributed by atoms with Crippen molar-refractivity contribution in [2.24, 2.45) is 0 Å². The Balaban J connectivity index is 1.59. The van der Waals surface area contributed by atoms with E-state index in [1.165, 1.54) is 4.57 Å². The molecule has 0 atom stereocenters. The smallest absolute Gasteiger partial charge is 0.418 e. The molecule has 3 heterocycles. The van der Waals surface area contributed by atoms with Crippen molar-refractivity contribution in [3.63, 3.8) is 0 Å². The molecule has 0 spiro atoms. The molecule has 0 aliphatic rings. The standard InChI is InChI=1S/C27H25N3O5/c1-27(2,3)35-26(34)30-11-10-17-12-15(5-8-21(17)30)16-4-7-20-19(13-16)23-18(6-9-22(31)32)14-28-24(23)25(33)29-20/h4-5,7-8,10-14,28H,6,9H2,1-3H3,(H,29,33)(H,31,32). The van der Waals surface area contributed by atoms with Gasteiger partial charge in [-0.1, -0.05) is 12.1 Å². The summed E-state index contributed by atoms with van der Waals surface area (Å²) in [6.07, 6.45) is 3.28. The number of hydrogen-bond donors (Lipinski definition) is 3. The highest BCUT2D eigenvalue weighted by Crippen LogP contribution is 2.31. The summed E-state index contributed by atoms with van der Waals surface area (Å²) in [6, 6.07) is 13.5. The van der Waals surface area contributed by atoms with Gasteiger partial charge < -0.3 is 19.8 Å². The Morgan fingerprint density at radius 3 is 2.54 bits per heavy atom. The molecule has 3 N–H and O–H groups in total. The van der Waals surface area contributed by atoms with Crippen molar-refractivity contribution in [1.29, 1.82) is 0 Å². The van der Waals surface area contributed by atoms with E-state index in [0.717, 1.165) is 38.4 Å². The van der Waals surface area contributed by atoms with Crippen LogP contribution in [0.4, 0.5) is 4.79 Å². The first kappa shape index (κ1) is 22.5. The average Bonchev–Trinajstić information content (AvgIpc) is 3.41. The highest BCUT2D eigenvalue weighted by molar-refractivity contribution is 6.08. The van der Waals surface area contributed by atoms with Crippen LogP contribution in [0.3, 0.4) is 0 Å². The molecule has 0 radical (unpaired) electrons. The number of fused-ring (bicyclic) bond motifs is 4. The number of aromatic amines is 2. The number of nitrogens with one attached hydrogen (secondary N) is 2. The molecule has 0 aliphatic carbocycles. The number of pyridine rings is 1. The summed E-state index contributed by atoms with van der Waals surface area (Å²) in [6.45, 7) is 5.49. The third kappa shape index (κ3) is 4.19. The van der Waals surface area contributed by atoms with Crippen molar-refractivity contribution in [2.45, 2.75) is 39.2 Å². The summed E-state index contributed by atoms with van der Waals surface area (Å²) in [7, 11) is 0. The summed E-state index contributed by atoms with van der Waals surface area (Å²) < 4.78 is 6.99. The summed E-state index contributed by atoms with van der Waals surface area (Å²) in [5.41, 5.74) is 3.70. The Hall–Kier alpha value is -4.33. The van der Waals surface area contributed by atoms with Crippen LogP contribution in [0, 0.1) is 0 Å². The number of carbonyl (C=O) groups excluding carboxylic acids is 1. The number of rotatable bonds is 4. The molecule has 0 bridgehead atoms. The van der Waals surface area contributed by atoms with Crippen molar-refractivity contribution in [1.82, 2.24) is 14.5 Å². The van der Waals surface area contributed by atoms with E-state index in [1.807, 2.05) is 63.2 Å². The molecule has 0 saturated carbocycles. The summed E-state index contributed by atoms with van der Waals surface area (Å²) in [4.78, 5) is 42.1. The largest absolute Gasteiger partial charge is 0.481 e. The number of nitrogens with zero attached hydrogens (tertiary/aromatic N) is 1. The minimum absolute atomic E-state index is 0.0216.